The van der Waals surface area contributed by atoms with Crippen LogP contribution in [-0.2, 0) is 4.79 Å². The highest BCUT2D eigenvalue weighted by Crippen LogP contribution is 2.38. The zero-order valence-corrected chi connectivity index (χ0v) is 12.1. The molecular formula is C13H13N3OS2. The number of thiophene rings is 1. The van der Waals surface area contributed by atoms with Gasteiger partial charge in [-0.2, -0.15) is 0 Å². The largest absolute Gasteiger partial charge is 0.295 e. The molecule has 1 amide bonds. The highest BCUT2D eigenvalue weighted by atomic mass is 32.2. The number of aromatic nitrogens is 2. The zero-order valence-electron chi connectivity index (χ0n) is 10.4. The van der Waals surface area contributed by atoms with Crippen molar-refractivity contribution >= 4 is 34.0 Å². The third-order valence-corrected chi connectivity index (χ3v) is 4.56. The number of hydrogen-bond acceptors (Lipinski definition) is 5. The molecule has 0 saturated carbocycles. The van der Waals surface area contributed by atoms with Crippen LogP contribution in [-0.4, -0.2) is 22.1 Å². The summed E-state index contributed by atoms with van der Waals surface area (Å²) >= 11 is 3.11. The summed E-state index contributed by atoms with van der Waals surface area (Å²) in [4.78, 5) is 22.7. The second-order valence-electron chi connectivity index (χ2n) is 4.24. The molecule has 19 heavy (non-hydrogen) atoms. The quantitative estimate of drug-likeness (QED) is 0.644. The van der Waals surface area contributed by atoms with E-state index < -0.39 is 0 Å². The average molecular weight is 291 g/mol. The smallest absolute Gasteiger partial charge is 0.228 e. The molecule has 0 spiro atoms. The second-order valence-corrected chi connectivity index (χ2v) is 5.94. The van der Waals surface area contributed by atoms with Crippen molar-refractivity contribution in [2.45, 2.75) is 24.0 Å². The Labute approximate surface area is 119 Å². The minimum atomic E-state index is 0.0417. The minimum Gasteiger partial charge on any atom is -0.295 e. The van der Waals surface area contributed by atoms with Gasteiger partial charge >= 0.3 is 0 Å². The highest BCUT2D eigenvalue weighted by Gasteiger charge is 2.34. The minimum absolute atomic E-state index is 0.0417. The Morgan fingerprint density at radius 3 is 3.11 bits per heavy atom. The normalized spacial score (nSPS) is 19.1. The molecule has 1 unspecified atom stereocenters. The van der Waals surface area contributed by atoms with Crippen molar-refractivity contribution < 1.29 is 4.79 Å². The van der Waals surface area contributed by atoms with Gasteiger partial charge in [-0.25, -0.2) is 9.97 Å². The monoisotopic (exact) mass is 291 g/mol. The SMILES string of the molecule is CSc1nccc(C2CCC(=O)N2c2cccs2)n1. The van der Waals surface area contributed by atoms with Crippen LogP contribution in [0.1, 0.15) is 24.6 Å². The van der Waals surface area contributed by atoms with E-state index in [1.165, 1.54) is 11.8 Å². The van der Waals surface area contributed by atoms with E-state index in [2.05, 4.69) is 9.97 Å². The fraction of sp³-hybridized carbons (Fsp3) is 0.308. The predicted molar refractivity (Wildman–Crippen MR) is 77.6 cm³/mol. The van der Waals surface area contributed by atoms with Crippen LogP contribution in [0.2, 0.25) is 0 Å². The summed E-state index contributed by atoms with van der Waals surface area (Å²) < 4.78 is 0. The number of carbonyl (C=O) groups is 1. The van der Waals surface area contributed by atoms with Crippen LogP contribution in [0.3, 0.4) is 0 Å². The Hall–Kier alpha value is -1.40. The van der Waals surface area contributed by atoms with Gasteiger partial charge in [-0.05, 0) is 36.3 Å². The molecule has 1 aliphatic heterocycles. The topological polar surface area (TPSA) is 46.1 Å². The number of amides is 1. The molecule has 0 radical (unpaired) electrons. The van der Waals surface area contributed by atoms with Gasteiger partial charge in [0.2, 0.25) is 5.91 Å². The summed E-state index contributed by atoms with van der Waals surface area (Å²) in [5.41, 5.74) is 0.929. The lowest BCUT2D eigenvalue weighted by Crippen LogP contribution is -2.27. The van der Waals surface area contributed by atoms with E-state index >= 15 is 0 Å². The molecule has 0 aromatic carbocycles. The molecular weight excluding hydrogens is 278 g/mol. The third-order valence-electron chi connectivity index (χ3n) is 3.13. The van der Waals surface area contributed by atoms with E-state index in [0.29, 0.717) is 6.42 Å². The maximum Gasteiger partial charge on any atom is 0.228 e. The summed E-state index contributed by atoms with van der Waals surface area (Å²) in [6, 6.07) is 5.90. The number of carbonyl (C=O) groups excluding carboxylic acids is 1. The molecule has 6 heteroatoms. The molecule has 1 saturated heterocycles. The maximum absolute atomic E-state index is 12.1. The molecule has 3 rings (SSSR count). The molecule has 4 nitrogen and oxygen atoms in total. The third kappa shape index (κ3) is 2.37. The van der Waals surface area contributed by atoms with Gasteiger partial charge in [0, 0.05) is 12.6 Å². The first kappa shape index (κ1) is 12.6. The van der Waals surface area contributed by atoms with Crippen LogP contribution in [0.5, 0.6) is 0 Å². The fourth-order valence-electron chi connectivity index (χ4n) is 2.29. The van der Waals surface area contributed by atoms with Crippen LogP contribution in [0, 0.1) is 0 Å². The standard InChI is InChI=1S/C13H13N3OS2/c1-18-13-14-7-6-9(15-13)10-4-5-11(17)16(10)12-3-2-8-19-12/h2-3,6-8,10H,4-5H2,1H3. The second kappa shape index (κ2) is 5.30. The lowest BCUT2D eigenvalue weighted by Gasteiger charge is -2.22. The lowest BCUT2D eigenvalue weighted by atomic mass is 10.1. The van der Waals surface area contributed by atoms with Crippen molar-refractivity contribution in [1.82, 2.24) is 9.97 Å². The van der Waals surface area contributed by atoms with Crippen molar-refractivity contribution in [3.05, 3.63) is 35.5 Å². The molecule has 0 aliphatic carbocycles. The number of thioether (sulfide) groups is 1. The van der Waals surface area contributed by atoms with Gasteiger partial charge < -0.3 is 0 Å². The van der Waals surface area contributed by atoms with Crippen molar-refractivity contribution in [2.75, 3.05) is 11.2 Å². The van der Waals surface area contributed by atoms with Crippen LogP contribution in [0.4, 0.5) is 5.00 Å². The molecule has 1 atom stereocenters. The molecule has 3 heterocycles. The molecule has 2 aromatic rings. The van der Waals surface area contributed by atoms with Crippen molar-refractivity contribution in [2.24, 2.45) is 0 Å². The van der Waals surface area contributed by atoms with Gasteiger partial charge in [-0.15, -0.1) is 11.3 Å². The molecule has 2 aromatic heterocycles. The van der Waals surface area contributed by atoms with E-state index in [9.17, 15) is 4.79 Å². The molecule has 1 fully saturated rings. The van der Waals surface area contributed by atoms with Gasteiger partial charge in [0.05, 0.1) is 16.7 Å². The molecule has 98 valence electrons. The van der Waals surface area contributed by atoms with Gasteiger partial charge in [-0.3, -0.25) is 9.69 Å². The Morgan fingerprint density at radius 2 is 2.37 bits per heavy atom. The van der Waals surface area contributed by atoms with Gasteiger partial charge in [0.15, 0.2) is 5.16 Å². The zero-order chi connectivity index (χ0) is 13.2. The fourth-order valence-corrected chi connectivity index (χ4v) is 3.44. The highest BCUT2D eigenvalue weighted by molar-refractivity contribution is 7.98. The Balaban J connectivity index is 1.96. The number of anilines is 1. The number of nitrogens with zero attached hydrogens (tertiary/aromatic N) is 3. The van der Waals surface area contributed by atoms with E-state index in [-0.39, 0.29) is 11.9 Å². The Bertz CT molecular complexity index is 585. The van der Waals surface area contributed by atoms with Crippen LogP contribution >= 0.6 is 23.1 Å². The maximum atomic E-state index is 12.1. The van der Waals surface area contributed by atoms with Gasteiger partial charge in [0.1, 0.15) is 0 Å². The van der Waals surface area contributed by atoms with E-state index in [0.717, 1.165) is 22.3 Å². The Morgan fingerprint density at radius 1 is 1.47 bits per heavy atom. The first-order valence-corrected chi connectivity index (χ1v) is 8.12. The van der Waals surface area contributed by atoms with Crippen LogP contribution in [0.15, 0.2) is 34.9 Å². The van der Waals surface area contributed by atoms with Crippen LogP contribution < -0.4 is 4.90 Å². The van der Waals surface area contributed by atoms with Crippen molar-refractivity contribution in [3.8, 4) is 0 Å². The van der Waals surface area contributed by atoms with E-state index in [4.69, 9.17) is 0 Å². The molecule has 0 bridgehead atoms. The van der Waals surface area contributed by atoms with Crippen LogP contribution in [0.25, 0.3) is 0 Å². The first-order chi connectivity index (χ1) is 9.29. The summed E-state index contributed by atoms with van der Waals surface area (Å²) in [6.07, 6.45) is 5.13. The van der Waals surface area contributed by atoms with Gasteiger partial charge in [0.25, 0.3) is 0 Å². The summed E-state index contributed by atoms with van der Waals surface area (Å²) in [5, 5.41) is 3.74. The average Bonchev–Trinajstić information content (AvgIpc) is 3.07. The lowest BCUT2D eigenvalue weighted by molar-refractivity contribution is -0.117. The number of rotatable bonds is 3. The summed E-state index contributed by atoms with van der Waals surface area (Å²) in [6.45, 7) is 0. The van der Waals surface area contributed by atoms with E-state index in [1.54, 1.807) is 17.5 Å². The molecule has 1 aliphatic rings. The van der Waals surface area contributed by atoms with E-state index in [1.807, 2.05) is 34.7 Å². The Kier molecular flexibility index (Phi) is 3.52. The molecule has 0 N–H and O–H groups in total. The summed E-state index contributed by atoms with van der Waals surface area (Å²) in [7, 11) is 0. The number of hydrogen-bond donors (Lipinski definition) is 0. The summed E-state index contributed by atoms with van der Waals surface area (Å²) in [5.74, 6) is 0.178. The van der Waals surface area contributed by atoms with Crippen molar-refractivity contribution in [3.63, 3.8) is 0 Å². The van der Waals surface area contributed by atoms with Crippen molar-refractivity contribution in [1.29, 1.82) is 0 Å². The van der Waals surface area contributed by atoms with Gasteiger partial charge in [-0.1, -0.05) is 11.8 Å². The predicted octanol–water partition coefficient (Wildman–Crippen LogP) is 3.13. The first-order valence-electron chi connectivity index (χ1n) is 6.02.